The minimum Gasteiger partial charge on any atom is -0.462 e. The van der Waals surface area contributed by atoms with E-state index < -0.39 is 5.97 Å². The summed E-state index contributed by atoms with van der Waals surface area (Å²) in [5.74, 6) is -0.508. The van der Waals surface area contributed by atoms with Gasteiger partial charge in [0.25, 0.3) is 0 Å². The second kappa shape index (κ2) is 11.4. The summed E-state index contributed by atoms with van der Waals surface area (Å²) in [4.78, 5) is 31.2. The number of hydrogen-bond donors (Lipinski definition) is 1. The van der Waals surface area contributed by atoms with Gasteiger partial charge >= 0.3 is 5.97 Å². The molecule has 2 heterocycles. The zero-order chi connectivity index (χ0) is 23.9. The Morgan fingerprint density at radius 3 is 2.21 bits per heavy atom. The van der Waals surface area contributed by atoms with E-state index >= 15 is 0 Å². The smallest absolute Gasteiger partial charge is 0.341 e. The molecule has 1 amide bonds. The van der Waals surface area contributed by atoms with E-state index in [1.54, 1.807) is 6.92 Å². The van der Waals surface area contributed by atoms with Gasteiger partial charge in [-0.2, -0.15) is 0 Å². The molecule has 178 valence electrons. The van der Waals surface area contributed by atoms with E-state index in [1.165, 1.54) is 16.9 Å². The first kappa shape index (κ1) is 24.1. The van der Waals surface area contributed by atoms with Crippen LogP contribution in [-0.2, 0) is 16.1 Å². The molecule has 0 radical (unpaired) electrons. The van der Waals surface area contributed by atoms with Crippen LogP contribution in [0.5, 0.6) is 0 Å². The average molecular weight is 478 g/mol. The highest BCUT2D eigenvalue weighted by atomic mass is 32.1. The minimum atomic E-state index is -0.400. The van der Waals surface area contributed by atoms with Crippen molar-refractivity contribution >= 4 is 28.2 Å². The summed E-state index contributed by atoms with van der Waals surface area (Å²) in [6, 6.07) is 20.4. The average Bonchev–Trinajstić information content (AvgIpc) is 3.17. The van der Waals surface area contributed by atoms with Crippen LogP contribution in [0.4, 0.5) is 5.00 Å². The molecule has 1 fully saturated rings. The van der Waals surface area contributed by atoms with Crippen LogP contribution in [0.1, 0.15) is 28.4 Å². The molecule has 1 aliphatic heterocycles. The highest BCUT2D eigenvalue weighted by Crippen LogP contribution is 2.40. The van der Waals surface area contributed by atoms with Crippen molar-refractivity contribution in [3.05, 3.63) is 77.4 Å². The molecule has 0 spiro atoms. The summed E-state index contributed by atoms with van der Waals surface area (Å²) in [7, 11) is 0. The number of benzene rings is 2. The Balaban J connectivity index is 1.40. The molecule has 1 aromatic heterocycles. The molecule has 3 aromatic rings. The molecule has 7 heteroatoms. The van der Waals surface area contributed by atoms with Crippen molar-refractivity contribution in [2.75, 3.05) is 44.6 Å². The molecule has 0 bridgehead atoms. The third kappa shape index (κ3) is 5.91. The SMILES string of the molecule is CCOC(=O)c1c(NC(=O)CN2CCN(Cc3ccccc3)CC2)sc(-c2ccccc2)c1C. The van der Waals surface area contributed by atoms with Gasteiger partial charge in [-0.3, -0.25) is 14.6 Å². The summed E-state index contributed by atoms with van der Waals surface area (Å²) in [5, 5.41) is 3.56. The molecule has 6 nitrogen and oxygen atoms in total. The number of esters is 1. The van der Waals surface area contributed by atoms with E-state index in [9.17, 15) is 9.59 Å². The Kier molecular flexibility index (Phi) is 8.11. The number of carbonyl (C=O) groups is 2. The molecule has 2 aromatic carbocycles. The lowest BCUT2D eigenvalue weighted by atomic mass is 10.1. The monoisotopic (exact) mass is 477 g/mol. The zero-order valence-corrected chi connectivity index (χ0v) is 20.6. The highest BCUT2D eigenvalue weighted by molar-refractivity contribution is 7.20. The van der Waals surface area contributed by atoms with E-state index in [2.05, 4.69) is 39.4 Å². The number of hydrogen-bond acceptors (Lipinski definition) is 6. The minimum absolute atomic E-state index is 0.108. The predicted octanol–water partition coefficient (Wildman–Crippen LogP) is 4.66. The Morgan fingerprint density at radius 2 is 1.56 bits per heavy atom. The topological polar surface area (TPSA) is 61.9 Å². The molecule has 34 heavy (non-hydrogen) atoms. The van der Waals surface area contributed by atoms with Gasteiger partial charge in [0, 0.05) is 37.6 Å². The molecule has 4 rings (SSSR count). The van der Waals surface area contributed by atoms with Gasteiger partial charge in [-0.1, -0.05) is 60.7 Å². The van der Waals surface area contributed by atoms with Gasteiger partial charge in [0.2, 0.25) is 5.91 Å². The van der Waals surface area contributed by atoms with Crippen LogP contribution < -0.4 is 5.32 Å². The van der Waals surface area contributed by atoms with Crippen molar-refractivity contribution in [3.63, 3.8) is 0 Å². The van der Waals surface area contributed by atoms with Crippen LogP contribution in [0.2, 0.25) is 0 Å². The quantitative estimate of drug-likeness (QED) is 0.478. The second-order valence-electron chi connectivity index (χ2n) is 8.43. The van der Waals surface area contributed by atoms with Crippen LogP contribution >= 0.6 is 11.3 Å². The molecule has 1 N–H and O–H groups in total. The lowest BCUT2D eigenvalue weighted by Gasteiger charge is -2.34. The summed E-state index contributed by atoms with van der Waals surface area (Å²) < 4.78 is 5.29. The molecule has 1 saturated heterocycles. The molecule has 0 aliphatic carbocycles. The fraction of sp³-hybridized carbons (Fsp3) is 0.333. The van der Waals surface area contributed by atoms with Crippen molar-refractivity contribution in [2.24, 2.45) is 0 Å². The molecule has 0 saturated carbocycles. The number of anilines is 1. The number of ether oxygens (including phenoxy) is 1. The van der Waals surface area contributed by atoms with Crippen LogP contribution in [0.15, 0.2) is 60.7 Å². The van der Waals surface area contributed by atoms with Gasteiger partial charge in [0.1, 0.15) is 5.00 Å². The van der Waals surface area contributed by atoms with E-state index in [0.29, 0.717) is 17.1 Å². The van der Waals surface area contributed by atoms with Gasteiger partial charge in [0.15, 0.2) is 0 Å². The van der Waals surface area contributed by atoms with Crippen LogP contribution in [-0.4, -0.2) is 61.0 Å². The number of piperazine rings is 1. The lowest BCUT2D eigenvalue weighted by Crippen LogP contribution is -2.48. The van der Waals surface area contributed by atoms with E-state index in [-0.39, 0.29) is 12.5 Å². The third-order valence-electron chi connectivity index (χ3n) is 6.00. The van der Waals surface area contributed by atoms with Gasteiger partial charge in [-0.15, -0.1) is 11.3 Å². The van der Waals surface area contributed by atoms with E-state index in [0.717, 1.165) is 48.7 Å². The van der Waals surface area contributed by atoms with E-state index in [1.807, 2.05) is 43.3 Å². The summed E-state index contributed by atoms with van der Waals surface area (Å²) in [6.07, 6.45) is 0. The Hall–Kier alpha value is -3.00. The Bertz CT molecular complexity index is 1110. The summed E-state index contributed by atoms with van der Waals surface area (Å²) in [5.41, 5.74) is 3.61. The number of thiophene rings is 1. The van der Waals surface area contributed by atoms with Crippen LogP contribution in [0.25, 0.3) is 10.4 Å². The normalized spacial score (nSPS) is 14.6. The number of amides is 1. The third-order valence-corrected chi connectivity index (χ3v) is 7.25. The first-order valence-corrected chi connectivity index (χ1v) is 12.5. The maximum absolute atomic E-state index is 12.9. The number of carbonyl (C=O) groups excluding carboxylic acids is 2. The molecular weight excluding hydrogens is 446 g/mol. The fourth-order valence-electron chi connectivity index (χ4n) is 4.23. The van der Waals surface area contributed by atoms with Crippen LogP contribution in [0, 0.1) is 6.92 Å². The van der Waals surface area contributed by atoms with Gasteiger partial charge in [0.05, 0.1) is 18.7 Å². The van der Waals surface area contributed by atoms with E-state index in [4.69, 9.17) is 4.74 Å². The summed E-state index contributed by atoms with van der Waals surface area (Å²) >= 11 is 1.43. The maximum atomic E-state index is 12.9. The van der Waals surface area contributed by atoms with Crippen molar-refractivity contribution in [3.8, 4) is 10.4 Å². The number of nitrogens with one attached hydrogen (secondary N) is 1. The maximum Gasteiger partial charge on any atom is 0.341 e. The van der Waals surface area contributed by atoms with Gasteiger partial charge in [-0.25, -0.2) is 4.79 Å². The number of nitrogens with zero attached hydrogens (tertiary/aromatic N) is 2. The lowest BCUT2D eigenvalue weighted by molar-refractivity contribution is -0.117. The standard InChI is InChI=1S/C27H31N3O3S/c1-3-33-27(32)24-20(2)25(22-12-8-5-9-13-22)34-26(24)28-23(31)19-30-16-14-29(15-17-30)18-21-10-6-4-7-11-21/h4-13H,3,14-19H2,1-2H3,(H,28,31). The predicted molar refractivity (Wildman–Crippen MR) is 137 cm³/mol. The van der Waals surface area contributed by atoms with Crippen molar-refractivity contribution in [1.29, 1.82) is 0 Å². The molecule has 0 atom stereocenters. The van der Waals surface area contributed by atoms with Crippen molar-refractivity contribution < 1.29 is 14.3 Å². The van der Waals surface area contributed by atoms with Crippen LogP contribution in [0.3, 0.4) is 0 Å². The first-order chi connectivity index (χ1) is 16.5. The number of rotatable bonds is 8. The van der Waals surface area contributed by atoms with Crippen molar-refractivity contribution in [1.82, 2.24) is 9.80 Å². The molecular formula is C27H31N3O3S. The Labute approximate surface area is 205 Å². The Morgan fingerprint density at radius 1 is 0.941 bits per heavy atom. The molecule has 1 aliphatic rings. The zero-order valence-electron chi connectivity index (χ0n) is 19.8. The highest BCUT2D eigenvalue weighted by Gasteiger charge is 2.25. The fourth-order valence-corrected chi connectivity index (χ4v) is 5.45. The van der Waals surface area contributed by atoms with Gasteiger partial charge in [-0.05, 0) is 30.5 Å². The largest absolute Gasteiger partial charge is 0.462 e. The second-order valence-corrected chi connectivity index (χ2v) is 9.45. The van der Waals surface area contributed by atoms with Crippen molar-refractivity contribution in [2.45, 2.75) is 20.4 Å². The van der Waals surface area contributed by atoms with Gasteiger partial charge < -0.3 is 10.1 Å². The summed E-state index contributed by atoms with van der Waals surface area (Å²) in [6.45, 7) is 8.74. The molecule has 0 unspecified atom stereocenters. The first-order valence-electron chi connectivity index (χ1n) is 11.7.